The first-order valence-corrected chi connectivity index (χ1v) is 9.17. The first-order chi connectivity index (χ1) is 10.4. The zero-order valence-corrected chi connectivity index (χ0v) is 14.4. The summed E-state index contributed by atoms with van der Waals surface area (Å²) in [6.45, 7) is 2.28. The Balaban J connectivity index is 1.98. The van der Waals surface area contributed by atoms with Crippen molar-refractivity contribution in [2.75, 3.05) is 0 Å². The Labute approximate surface area is 136 Å². The minimum absolute atomic E-state index is 0.293. The molecule has 0 bridgehead atoms. The van der Waals surface area contributed by atoms with Crippen LogP contribution in [0, 0.1) is 0 Å². The van der Waals surface area contributed by atoms with Gasteiger partial charge in [0.05, 0.1) is 0 Å². The van der Waals surface area contributed by atoms with Crippen molar-refractivity contribution in [1.29, 1.82) is 0 Å². The van der Waals surface area contributed by atoms with Crippen LogP contribution in [0.1, 0.15) is 89.2 Å². The predicted molar refractivity (Wildman–Crippen MR) is 94.6 cm³/mol. The van der Waals surface area contributed by atoms with E-state index in [1.54, 1.807) is 0 Å². The zero-order chi connectivity index (χ0) is 15.2. The van der Waals surface area contributed by atoms with E-state index in [1.807, 2.05) is 0 Å². The lowest BCUT2D eigenvalue weighted by Crippen LogP contribution is -2.11. The summed E-state index contributed by atoms with van der Waals surface area (Å²) >= 11 is 5.88. The second-order valence-corrected chi connectivity index (χ2v) is 6.26. The molecular weight excluding hydrogens is 278 g/mol. The molecule has 0 saturated carbocycles. The summed E-state index contributed by atoms with van der Waals surface area (Å²) in [6, 6.07) is 10.8. The van der Waals surface area contributed by atoms with Crippen molar-refractivity contribution < 1.29 is 0 Å². The largest absolute Gasteiger partial charge is 0.226 e. The molecule has 2 heteroatoms. The van der Waals surface area contributed by atoms with Gasteiger partial charge in [0.25, 0.3) is 0 Å². The molecule has 0 aliphatic rings. The molecule has 0 aliphatic heterocycles. The van der Waals surface area contributed by atoms with Gasteiger partial charge < -0.3 is 0 Å². The Hall–Kier alpha value is -0.530. The van der Waals surface area contributed by atoms with Gasteiger partial charge in [-0.3, -0.25) is 0 Å². The molecule has 0 amide bonds. The van der Waals surface area contributed by atoms with Crippen molar-refractivity contribution in [3.8, 4) is 0 Å². The molecule has 0 radical (unpaired) electrons. The van der Waals surface area contributed by atoms with E-state index in [4.69, 9.17) is 11.8 Å². The molecule has 1 rings (SSSR count). The number of nitrogens with one attached hydrogen (secondary N) is 1. The topological polar surface area (TPSA) is 12.0 Å². The standard InChI is InChI=1S/C19H32ClN/c1-2-3-4-5-6-7-8-9-10-14-17-19(21-20)18-15-12-11-13-16-18/h11-13,15-16,19,21H,2-10,14,17H2,1H3. The third-order valence-electron chi connectivity index (χ3n) is 4.18. The molecule has 0 fully saturated rings. The molecular formula is C19H32ClN. The van der Waals surface area contributed by atoms with Gasteiger partial charge in [-0.25, -0.2) is 4.84 Å². The summed E-state index contributed by atoms with van der Waals surface area (Å²) < 4.78 is 0. The van der Waals surface area contributed by atoms with Crippen LogP contribution < -0.4 is 4.84 Å². The van der Waals surface area contributed by atoms with Crippen LogP contribution in [0.2, 0.25) is 0 Å². The second-order valence-electron chi connectivity index (χ2n) is 6.04. The molecule has 1 N–H and O–H groups in total. The van der Waals surface area contributed by atoms with Crippen molar-refractivity contribution >= 4 is 11.8 Å². The fraction of sp³-hybridized carbons (Fsp3) is 0.684. The van der Waals surface area contributed by atoms with Crippen LogP contribution in [0.25, 0.3) is 0 Å². The molecule has 0 spiro atoms. The normalized spacial score (nSPS) is 12.5. The van der Waals surface area contributed by atoms with E-state index < -0.39 is 0 Å². The average molecular weight is 310 g/mol. The molecule has 1 atom stereocenters. The van der Waals surface area contributed by atoms with Crippen LogP contribution >= 0.6 is 11.8 Å². The Kier molecular flexibility index (Phi) is 11.6. The number of hydrogen-bond donors (Lipinski definition) is 1. The highest BCUT2D eigenvalue weighted by Gasteiger charge is 2.08. The van der Waals surface area contributed by atoms with Gasteiger partial charge in [-0.1, -0.05) is 101 Å². The van der Waals surface area contributed by atoms with Gasteiger partial charge in [0.2, 0.25) is 0 Å². The van der Waals surface area contributed by atoms with Crippen LogP contribution in [0.4, 0.5) is 0 Å². The van der Waals surface area contributed by atoms with Crippen LogP contribution in [-0.4, -0.2) is 0 Å². The van der Waals surface area contributed by atoms with Crippen LogP contribution in [0.15, 0.2) is 30.3 Å². The van der Waals surface area contributed by atoms with Gasteiger partial charge in [0.15, 0.2) is 0 Å². The lowest BCUT2D eigenvalue weighted by atomic mass is 10.00. The van der Waals surface area contributed by atoms with E-state index in [9.17, 15) is 0 Å². The summed E-state index contributed by atoms with van der Waals surface area (Å²) in [5.74, 6) is 0. The fourth-order valence-electron chi connectivity index (χ4n) is 2.81. The predicted octanol–water partition coefficient (Wildman–Crippen LogP) is 6.78. The van der Waals surface area contributed by atoms with Gasteiger partial charge in [0, 0.05) is 6.04 Å². The monoisotopic (exact) mass is 309 g/mol. The zero-order valence-electron chi connectivity index (χ0n) is 13.6. The molecule has 1 unspecified atom stereocenters. The SMILES string of the molecule is CCCCCCCCCCCCC(NCl)c1ccccc1. The fourth-order valence-corrected chi connectivity index (χ4v) is 3.04. The van der Waals surface area contributed by atoms with Crippen molar-refractivity contribution in [2.45, 2.75) is 83.6 Å². The molecule has 21 heavy (non-hydrogen) atoms. The van der Waals surface area contributed by atoms with E-state index in [-0.39, 0.29) is 0 Å². The van der Waals surface area contributed by atoms with Crippen LogP contribution in [0.3, 0.4) is 0 Å². The van der Waals surface area contributed by atoms with Crippen molar-refractivity contribution in [2.24, 2.45) is 0 Å². The minimum Gasteiger partial charge on any atom is -0.226 e. The summed E-state index contributed by atoms with van der Waals surface area (Å²) in [5.41, 5.74) is 1.29. The first kappa shape index (κ1) is 18.5. The molecule has 1 nitrogen and oxygen atoms in total. The highest BCUT2D eigenvalue weighted by molar-refractivity contribution is 6.13. The highest BCUT2D eigenvalue weighted by atomic mass is 35.5. The van der Waals surface area contributed by atoms with Crippen LogP contribution in [-0.2, 0) is 0 Å². The molecule has 0 aromatic heterocycles. The Bertz CT molecular complexity index is 326. The van der Waals surface area contributed by atoms with Crippen molar-refractivity contribution in [3.05, 3.63) is 35.9 Å². The number of halogens is 1. The van der Waals surface area contributed by atoms with Gasteiger partial charge in [0.1, 0.15) is 0 Å². The lowest BCUT2D eigenvalue weighted by Gasteiger charge is -2.14. The lowest BCUT2D eigenvalue weighted by molar-refractivity contribution is 0.517. The summed E-state index contributed by atoms with van der Waals surface area (Å²) in [6.07, 6.45) is 14.9. The molecule has 120 valence electrons. The van der Waals surface area contributed by atoms with Gasteiger partial charge in [-0.15, -0.1) is 0 Å². The quantitative estimate of drug-likeness (QED) is 0.313. The van der Waals surface area contributed by atoms with Gasteiger partial charge in [-0.05, 0) is 23.8 Å². The average Bonchev–Trinajstić information content (AvgIpc) is 2.54. The summed E-state index contributed by atoms with van der Waals surface area (Å²) in [4.78, 5) is 2.92. The van der Waals surface area contributed by atoms with Gasteiger partial charge in [-0.2, -0.15) is 0 Å². The smallest absolute Gasteiger partial charge is 0.0470 e. The Morgan fingerprint density at radius 2 is 1.33 bits per heavy atom. The molecule has 0 aliphatic carbocycles. The maximum absolute atomic E-state index is 5.88. The van der Waals surface area contributed by atoms with E-state index in [0.29, 0.717) is 6.04 Å². The maximum atomic E-state index is 5.88. The molecule has 1 aromatic rings. The van der Waals surface area contributed by atoms with E-state index in [0.717, 1.165) is 6.42 Å². The second kappa shape index (κ2) is 13.2. The minimum atomic E-state index is 0.293. The molecule has 0 heterocycles. The van der Waals surface area contributed by atoms with Gasteiger partial charge >= 0.3 is 0 Å². The maximum Gasteiger partial charge on any atom is 0.0470 e. The Morgan fingerprint density at radius 1 is 0.810 bits per heavy atom. The number of rotatable bonds is 13. The third-order valence-corrected chi connectivity index (χ3v) is 4.44. The summed E-state index contributed by atoms with van der Waals surface area (Å²) in [7, 11) is 0. The van der Waals surface area contributed by atoms with Crippen LogP contribution in [0.5, 0.6) is 0 Å². The molecule has 1 aromatic carbocycles. The first-order valence-electron chi connectivity index (χ1n) is 8.79. The third kappa shape index (κ3) is 9.16. The van der Waals surface area contributed by atoms with E-state index in [2.05, 4.69) is 42.1 Å². The van der Waals surface area contributed by atoms with Crippen molar-refractivity contribution in [3.63, 3.8) is 0 Å². The number of hydrogen-bond acceptors (Lipinski definition) is 1. The molecule has 0 saturated heterocycles. The number of benzene rings is 1. The van der Waals surface area contributed by atoms with Crippen molar-refractivity contribution in [1.82, 2.24) is 4.84 Å². The van der Waals surface area contributed by atoms with E-state index >= 15 is 0 Å². The Morgan fingerprint density at radius 3 is 1.86 bits per heavy atom. The highest BCUT2D eigenvalue weighted by Crippen LogP contribution is 2.21. The van der Waals surface area contributed by atoms with E-state index in [1.165, 1.54) is 69.8 Å². The summed E-state index contributed by atoms with van der Waals surface area (Å²) in [5, 5.41) is 0. The number of unbranched alkanes of at least 4 members (excludes halogenated alkanes) is 9.